The highest BCUT2D eigenvalue weighted by atomic mass is 14.7. The molecule has 0 saturated heterocycles. The van der Waals surface area contributed by atoms with Gasteiger partial charge in [-0.05, 0) is 44.4 Å². The molecule has 62 valence electrons. The fourth-order valence-electron chi connectivity index (χ4n) is 1.92. The van der Waals surface area contributed by atoms with Gasteiger partial charge in [0.15, 0.2) is 0 Å². The Labute approximate surface area is 68.7 Å². The summed E-state index contributed by atoms with van der Waals surface area (Å²) in [6.07, 6.45) is 10.4. The summed E-state index contributed by atoms with van der Waals surface area (Å²) in [4.78, 5) is 0. The third kappa shape index (κ3) is 1.64. The minimum absolute atomic E-state index is 0.426. The van der Waals surface area contributed by atoms with Crippen molar-refractivity contribution in [3.05, 3.63) is 11.6 Å². The second-order valence-corrected chi connectivity index (χ2v) is 3.89. The van der Waals surface area contributed by atoms with E-state index in [2.05, 4.69) is 6.08 Å². The monoisotopic (exact) mass is 151 g/mol. The van der Waals surface area contributed by atoms with Gasteiger partial charge in [-0.15, -0.1) is 0 Å². The molecule has 0 amide bonds. The van der Waals surface area contributed by atoms with Gasteiger partial charge in [-0.1, -0.05) is 11.6 Å². The molecule has 0 aromatic carbocycles. The van der Waals surface area contributed by atoms with Crippen LogP contribution in [0.15, 0.2) is 11.6 Å². The molecule has 11 heavy (non-hydrogen) atoms. The molecular weight excluding hydrogens is 134 g/mol. The number of nitrogens with two attached hydrogens (primary N) is 1. The molecule has 1 fully saturated rings. The zero-order chi connectivity index (χ0) is 7.68. The minimum atomic E-state index is 0.426. The van der Waals surface area contributed by atoms with Crippen LogP contribution in [0, 0.1) is 5.92 Å². The van der Waals surface area contributed by atoms with Gasteiger partial charge >= 0.3 is 0 Å². The molecule has 2 aliphatic carbocycles. The number of allylic oxidation sites excluding steroid dienone is 1. The van der Waals surface area contributed by atoms with Crippen LogP contribution >= 0.6 is 0 Å². The lowest BCUT2D eigenvalue weighted by molar-refractivity contribution is 0.593. The van der Waals surface area contributed by atoms with Gasteiger partial charge in [0, 0.05) is 6.04 Å². The maximum absolute atomic E-state index is 6.09. The van der Waals surface area contributed by atoms with Gasteiger partial charge in [0.1, 0.15) is 0 Å². The topological polar surface area (TPSA) is 26.0 Å². The Hall–Kier alpha value is -0.300. The van der Waals surface area contributed by atoms with E-state index in [1.807, 2.05) is 0 Å². The van der Waals surface area contributed by atoms with Crippen molar-refractivity contribution in [3.8, 4) is 0 Å². The van der Waals surface area contributed by atoms with E-state index in [0.29, 0.717) is 6.04 Å². The average Bonchev–Trinajstić information content (AvgIpc) is 2.87. The normalized spacial score (nSPS) is 27.9. The summed E-state index contributed by atoms with van der Waals surface area (Å²) in [6.45, 7) is 0. The molecule has 1 unspecified atom stereocenters. The van der Waals surface area contributed by atoms with E-state index < -0.39 is 0 Å². The van der Waals surface area contributed by atoms with E-state index in [1.165, 1.54) is 38.5 Å². The molecule has 0 heterocycles. The number of hydrogen-bond donors (Lipinski definition) is 1. The summed E-state index contributed by atoms with van der Waals surface area (Å²) < 4.78 is 0. The Balaban J connectivity index is 1.95. The maximum atomic E-state index is 6.09. The highest BCUT2D eigenvalue weighted by Crippen LogP contribution is 2.36. The van der Waals surface area contributed by atoms with Crippen molar-refractivity contribution in [1.82, 2.24) is 0 Å². The first-order valence-corrected chi connectivity index (χ1v) is 4.82. The molecule has 1 heteroatoms. The molecule has 1 saturated carbocycles. The van der Waals surface area contributed by atoms with Gasteiger partial charge in [-0.2, -0.15) is 0 Å². The molecule has 0 aromatic rings. The lowest BCUT2D eigenvalue weighted by Crippen LogP contribution is -2.25. The minimum Gasteiger partial charge on any atom is -0.324 e. The summed E-state index contributed by atoms with van der Waals surface area (Å²) in [6, 6.07) is 0.426. The summed E-state index contributed by atoms with van der Waals surface area (Å²) in [5, 5.41) is 0. The Bertz CT molecular complexity index is 168. The predicted octanol–water partition coefficient (Wildman–Crippen LogP) is 2.22. The second-order valence-electron chi connectivity index (χ2n) is 3.89. The van der Waals surface area contributed by atoms with Gasteiger partial charge < -0.3 is 5.73 Å². The van der Waals surface area contributed by atoms with Crippen molar-refractivity contribution in [3.63, 3.8) is 0 Å². The summed E-state index contributed by atoms with van der Waals surface area (Å²) in [7, 11) is 0. The molecule has 1 nitrogen and oxygen atoms in total. The lowest BCUT2D eigenvalue weighted by Gasteiger charge is -2.18. The molecule has 0 aliphatic heterocycles. The summed E-state index contributed by atoms with van der Waals surface area (Å²) in [5.74, 6) is 0.847. The molecule has 2 N–H and O–H groups in total. The molecule has 2 rings (SSSR count). The Morgan fingerprint density at radius 1 is 1.36 bits per heavy atom. The van der Waals surface area contributed by atoms with Crippen LogP contribution in [-0.2, 0) is 0 Å². The number of rotatable bonds is 2. The van der Waals surface area contributed by atoms with Crippen molar-refractivity contribution in [2.24, 2.45) is 11.7 Å². The van der Waals surface area contributed by atoms with E-state index in [9.17, 15) is 0 Å². The van der Waals surface area contributed by atoms with E-state index >= 15 is 0 Å². The SMILES string of the molecule is NC(C1=CCCCC1)C1CC1. The van der Waals surface area contributed by atoms with Crippen LogP contribution in [-0.4, -0.2) is 6.04 Å². The van der Waals surface area contributed by atoms with Crippen molar-refractivity contribution in [2.45, 2.75) is 44.6 Å². The van der Waals surface area contributed by atoms with Crippen LogP contribution in [0.5, 0.6) is 0 Å². The van der Waals surface area contributed by atoms with E-state index in [-0.39, 0.29) is 0 Å². The quantitative estimate of drug-likeness (QED) is 0.602. The van der Waals surface area contributed by atoms with Crippen LogP contribution in [0.3, 0.4) is 0 Å². The van der Waals surface area contributed by atoms with Crippen LogP contribution < -0.4 is 5.73 Å². The van der Waals surface area contributed by atoms with Crippen molar-refractivity contribution in [1.29, 1.82) is 0 Å². The summed E-state index contributed by atoms with van der Waals surface area (Å²) >= 11 is 0. The van der Waals surface area contributed by atoms with Crippen LogP contribution in [0.25, 0.3) is 0 Å². The Morgan fingerprint density at radius 3 is 2.73 bits per heavy atom. The van der Waals surface area contributed by atoms with Crippen molar-refractivity contribution < 1.29 is 0 Å². The van der Waals surface area contributed by atoms with Crippen molar-refractivity contribution in [2.75, 3.05) is 0 Å². The Morgan fingerprint density at radius 2 is 2.18 bits per heavy atom. The molecule has 1 atom stereocenters. The standard InChI is InChI=1S/C10H17N/c11-10(9-6-7-9)8-4-2-1-3-5-8/h4,9-10H,1-3,5-7,11H2. The van der Waals surface area contributed by atoms with Gasteiger partial charge in [-0.25, -0.2) is 0 Å². The smallest absolute Gasteiger partial charge is 0.0282 e. The van der Waals surface area contributed by atoms with Gasteiger partial charge in [0.05, 0.1) is 0 Å². The molecule has 0 aromatic heterocycles. The highest BCUT2D eigenvalue weighted by molar-refractivity contribution is 5.15. The molecular formula is C10H17N. The van der Waals surface area contributed by atoms with Gasteiger partial charge in [0.2, 0.25) is 0 Å². The third-order valence-corrected chi connectivity index (χ3v) is 2.88. The molecule has 2 aliphatic rings. The van der Waals surface area contributed by atoms with Crippen molar-refractivity contribution >= 4 is 0 Å². The molecule has 0 radical (unpaired) electrons. The first-order valence-electron chi connectivity index (χ1n) is 4.82. The lowest BCUT2D eigenvalue weighted by atomic mass is 9.92. The molecule has 0 spiro atoms. The first-order chi connectivity index (χ1) is 5.38. The van der Waals surface area contributed by atoms with E-state index in [0.717, 1.165) is 5.92 Å². The fourth-order valence-corrected chi connectivity index (χ4v) is 1.92. The van der Waals surface area contributed by atoms with E-state index in [4.69, 9.17) is 5.73 Å². The van der Waals surface area contributed by atoms with E-state index in [1.54, 1.807) is 5.57 Å². The molecule has 0 bridgehead atoms. The highest BCUT2D eigenvalue weighted by Gasteiger charge is 2.30. The zero-order valence-corrected chi connectivity index (χ0v) is 7.05. The van der Waals surface area contributed by atoms with Gasteiger partial charge in [-0.3, -0.25) is 0 Å². The summed E-state index contributed by atoms with van der Waals surface area (Å²) in [5.41, 5.74) is 7.64. The predicted molar refractivity (Wildman–Crippen MR) is 47.3 cm³/mol. The van der Waals surface area contributed by atoms with Crippen LogP contribution in [0.2, 0.25) is 0 Å². The average molecular weight is 151 g/mol. The maximum Gasteiger partial charge on any atom is 0.0282 e. The first kappa shape index (κ1) is 7.35. The number of hydrogen-bond acceptors (Lipinski definition) is 1. The van der Waals surface area contributed by atoms with Crippen LogP contribution in [0.4, 0.5) is 0 Å². The largest absolute Gasteiger partial charge is 0.324 e. The third-order valence-electron chi connectivity index (χ3n) is 2.88. The van der Waals surface area contributed by atoms with Crippen LogP contribution in [0.1, 0.15) is 38.5 Å². The zero-order valence-electron chi connectivity index (χ0n) is 7.05. The second kappa shape index (κ2) is 2.98. The van der Waals surface area contributed by atoms with Gasteiger partial charge in [0.25, 0.3) is 0 Å². The fraction of sp³-hybridized carbons (Fsp3) is 0.800. The Kier molecular flexibility index (Phi) is 1.99.